The van der Waals surface area contributed by atoms with Crippen LogP contribution < -0.4 is 0 Å². The summed E-state index contributed by atoms with van der Waals surface area (Å²) in [4.78, 5) is 22.7. The first-order chi connectivity index (χ1) is 9.97. The van der Waals surface area contributed by atoms with Crippen molar-refractivity contribution in [1.29, 1.82) is 0 Å². The number of aryl methyl sites for hydroxylation is 1. The minimum absolute atomic E-state index is 0.0555. The van der Waals surface area contributed by atoms with Gasteiger partial charge in [-0.05, 0) is 25.5 Å². The van der Waals surface area contributed by atoms with Gasteiger partial charge in [0.25, 0.3) is 5.69 Å². The number of ketones is 1. The van der Waals surface area contributed by atoms with Crippen molar-refractivity contribution >= 4 is 23.2 Å². The smallest absolute Gasteiger partial charge is 0.270 e. The summed E-state index contributed by atoms with van der Waals surface area (Å²) in [5.41, 5.74) is 2.69. The number of nitro benzene ring substituents is 1. The van der Waals surface area contributed by atoms with Crippen LogP contribution in [-0.2, 0) is 5.75 Å². The van der Waals surface area contributed by atoms with E-state index in [1.165, 1.54) is 36.4 Å². The molecule has 0 aromatic heterocycles. The molecule has 2 rings (SSSR count). The molecule has 0 aliphatic rings. The fourth-order valence-corrected chi connectivity index (χ4v) is 3.02. The van der Waals surface area contributed by atoms with E-state index >= 15 is 0 Å². The minimum Gasteiger partial charge on any atom is -0.294 e. The van der Waals surface area contributed by atoms with Gasteiger partial charge >= 0.3 is 0 Å². The molecule has 0 saturated heterocycles. The number of hydrogen-bond acceptors (Lipinski definition) is 4. The molecule has 0 heterocycles. The van der Waals surface area contributed by atoms with Gasteiger partial charge in [0, 0.05) is 28.3 Å². The topological polar surface area (TPSA) is 60.2 Å². The third-order valence-electron chi connectivity index (χ3n) is 3.03. The summed E-state index contributed by atoms with van der Waals surface area (Å²) in [6.45, 7) is 3.46. The van der Waals surface area contributed by atoms with Crippen molar-refractivity contribution in [3.63, 3.8) is 0 Å². The van der Waals surface area contributed by atoms with Gasteiger partial charge < -0.3 is 0 Å². The SMILES string of the molecule is CC(=O)c1cc([N+](=O)[O-])ccc1SCc1cccc(C)c1. The normalized spacial score (nSPS) is 10.4. The minimum atomic E-state index is -0.485. The van der Waals surface area contributed by atoms with Crippen molar-refractivity contribution in [2.75, 3.05) is 0 Å². The molecular weight excluding hydrogens is 286 g/mol. The largest absolute Gasteiger partial charge is 0.294 e. The average molecular weight is 301 g/mol. The zero-order chi connectivity index (χ0) is 15.4. The number of nitrogens with zero attached hydrogens (tertiary/aromatic N) is 1. The van der Waals surface area contributed by atoms with E-state index in [4.69, 9.17) is 0 Å². The van der Waals surface area contributed by atoms with Crippen LogP contribution in [0, 0.1) is 17.0 Å². The molecule has 5 heteroatoms. The molecule has 0 fully saturated rings. The molecule has 0 aliphatic heterocycles. The van der Waals surface area contributed by atoms with Crippen LogP contribution in [0.1, 0.15) is 28.4 Å². The molecule has 2 aromatic rings. The summed E-state index contributed by atoms with van der Waals surface area (Å²) < 4.78 is 0. The summed E-state index contributed by atoms with van der Waals surface area (Å²) in [6.07, 6.45) is 0. The lowest BCUT2D eigenvalue weighted by Gasteiger charge is -2.07. The first-order valence-electron chi connectivity index (χ1n) is 6.45. The van der Waals surface area contributed by atoms with Crippen LogP contribution in [0.3, 0.4) is 0 Å². The predicted octanol–water partition coefficient (Wildman–Crippen LogP) is 4.40. The Kier molecular flexibility index (Phi) is 4.75. The molecule has 4 nitrogen and oxygen atoms in total. The number of rotatable bonds is 5. The molecule has 108 valence electrons. The standard InChI is InChI=1S/C16H15NO3S/c1-11-4-3-5-13(8-11)10-21-16-7-6-14(17(19)20)9-15(16)12(2)18/h3-9H,10H2,1-2H3. The van der Waals surface area contributed by atoms with Gasteiger partial charge in [-0.15, -0.1) is 11.8 Å². The molecule has 2 aromatic carbocycles. The van der Waals surface area contributed by atoms with Gasteiger partial charge in [0.15, 0.2) is 5.78 Å². The Labute approximate surface area is 127 Å². The lowest BCUT2D eigenvalue weighted by atomic mass is 10.1. The molecule has 0 saturated carbocycles. The summed E-state index contributed by atoms with van der Waals surface area (Å²) in [5, 5.41) is 10.8. The zero-order valence-electron chi connectivity index (χ0n) is 11.8. The second kappa shape index (κ2) is 6.54. The summed E-state index contributed by atoms with van der Waals surface area (Å²) in [5.74, 6) is 0.560. The van der Waals surface area contributed by atoms with Crippen molar-refractivity contribution < 1.29 is 9.72 Å². The van der Waals surface area contributed by atoms with E-state index in [-0.39, 0.29) is 11.5 Å². The Balaban J connectivity index is 2.23. The Hall–Kier alpha value is -2.14. The first kappa shape index (κ1) is 15.3. The van der Waals surface area contributed by atoms with E-state index in [0.717, 1.165) is 16.2 Å². The summed E-state index contributed by atoms with van der Waals surface area (Å²) >= 11 is 1.51. The highest BCUT2D eigenvalue weighted by Gasteiger charge is 2.14. The Bertz CT molecular complexity index is 698. The van der Waals surface area contributed by atoms with Crippen molar-refractivity contribution in [3.8, 4) is 0 Å². The van der Waals surface area contributed by atoms with Crippen LogP contribution in [0.4, 0.5) is 5.69 Å². The second-order valence-electron chi connectivity index (χ2n) is 4.77. The molecule has 0 N–H and O–H groups in total. The number of Topliss-reactive ketones (excluding diaryl/α,β-unsaturated/α-hetero) is 1. The highest BCUT2D eigenvalue weighted by Crippen LogP contribution is 2.29. The highest BCUT2D eigenvalue weighted by atomic mass is 32.2. The van der Waals surface area contributed by atoms with Gasteiger partial charge in [-0.25, -0.2) is 0 Å². The number of thioether (sulfide) groups is 1. The van der Waals surface area contributed by atoms with Gasteiger partial charge in [-0.1, -0.05) is 29.8 Å². The molecule has 0 spiro atoms. The lowest BCUT2D eigenvalue weighted by Crippen LogP contribution is -1.98. The maximum atomic E-state index is 11.7. The van der Waals surface area contributed by atoms with Crippen molar-refractivity contribution in [2.24, 2.45) is 0 Å². The third-order valence-corrected chi connectivity index (χ3v) is 4.17. The molecule has 0 bridgehead atoms. The first-order valence-corrected chi connectivity index (χ1v) is 7.43. The molecule has 21 heavy (non-hydrogen) atoms. The Morgan fingerprint density at radius 1 is 1.24 bits per heavy atom. The molecule has 0 unspecified atom stereocenters. The number of carbonyl (C=O) groups is 1. The Morgan fingerprint density at radius 3 is 2.62 bits per heavy atom. The van der Waals surface area contributed by atoms with Gasteiger partial charge in [-0.2, -0.15) is 0 Å². The van der Waals surface area contributed by atoms with Crippen LogP contribution >= 0.6 is 11.8 Å². The molecule has 0 aliphatic carbocycles. The molecule has 0 amide bonds. The zero-order valence-corrected chi connectivity index (χ0v) is 12.6. The van der Waals surface area contributed by atoms with Gasteiger partial charge in [0.05, 0.1) is 4.92 Å². The molecule has 0 atom stereocenters. The fourth-order valence-electron chi connectivity index (χ4n) is 2.00. The highest BCUT2D eigenvalue weighted by molar-refractivity contribution is 7.98. The van der Waals surface area contributed by atoms with E-state index in [1.807, 2.05) is 25.1 Å². The van der Waals surface area contributed by atoms with Crippen LogP contribution in [0.2, 0.25) is 0 Å². The molecular formula is C16H15NO3S. The van der Waals surface area contributed by atoms with E-state index in [9.17, 15) is 14.9 Å². The van der Waals surface area contributed by atoms with E-state index < -0.39 is 4.92 Å². The maximum absolute atomic E-state index is 11.7. The van der Waals surface area contributed by atoms with Crippen molar-refractivity contribution in [3.05, 3.63) is 69.3 Å². The second-order valence-corrected chi connectivity index (χ2v) is 5.79. The maximum Gasteiger partial charge on any atom is 0.270 e. The van der Waals surface area contributed by atoms with Crippen LogP contribution in [-0.4, -0.2) is 10.7 Å². The number of benzene rings is 2. The van der Waals surface area contributed by atoms with Gasteiger partial charge in [-0.3, -0.25) is 14.9 Å². The van der Waals surface area contributed by atoms with E-state index in [2.05, 4.69) is 6.07 Å². The van der Waals surface area contributed by atoms with E-state index in [0.29, 0.717) is 5.56 Å². The summed E-state index contributed by atoms with van der Waals surface area (Å²) in [7, 11) is 0. The predicted molar refractivity (Wildman–Crippen MR) is 83.8 cm³/mol. The monoisotopic (exact) mass is 301 g/mol. The number of hydrogen-bond donors (Lipinski definition) is 0. The lowest BCUT2D eigenvalue weighted by molar-refractivity contribution is -0.384. The summed E-state index contributed by atoms with van der Waals surface area (Å²) in [6, 6.07) is 12.6. The third kappa shape index (κ3) is 3.92. The number of nitro groups is 1. The van der Waals surface area contributed by atoms with Gasteiger partial charge in [0.2, 0.25) is 0 Å². The van der Waals surface area contributed by atoms with Crippen LogP contribution in [0.15, 0.2) is 47.4 Å². The van der Waals surface area contributed by atoms with E-state index in [1.54, 1.807) is 6.07 Å². The quantitative estimate of drug-likeness (QED) is 0.355. The number of carbonyl (C=O) groups excluding carboxylic acids is 1. The number of non-ortho nitro benzene ring substituents is 1. The fraction of sp³-hybridized carbons (Fsp3) is 0.188. The Morgan fingerprint density at radius 2 is 2.00 bits per heavy atom. The van der Waals surface area contributed by atoms with Crippen LogP contribution in [0.25, 0.3) is 0 Å². The van der Waals surface area contributed by atoms with Crippen molar-refractivity contribution in [2.45, 2.75) is 24.5 Å². The van der Waals surface area contributed by atoms with Crippen LogP contribution in [0.5, 0.6) is 0 Å². The molecule has 0 radical (unpaired) electrons. The average Bonchev–Trinajstić information content (AvgIpc) is 2.44. The van der Waals surface area contributed by atoms with Gasteiger partial charge in [0.1, 0.15) is 0 Å². The van der Waals surface area contributed by atoms with Crippen molar-refractivity contribution in [1.82, 2.24) is 0 Å².